The third-order valence-corrected chi connectivity index (χ3v) is 3.95. The SMILES string of the molecule is CCCNCc1cc(F)c(Sc2nccn2C)c(F)c1. The van der Waals surface area contributed by atoms with E-state index in [1.165, 1.54) is 12.1 Å². The van der Waals surface area contributed by atoms with E-state index in [2.05, 4.69) is 10.3 Å². The molecule has 3 nitrogen and oxygen atoms in total. The van der Waals surface area contributed by atoms with Crippen LogP contribution in [0, 0.1) is 11.6 Å². The minimum Gasteiger partial charge on any atom is -0.329 e. The van der Waals surface area contributed by atoms with Crippen molar-refractivity contribution in [2.24, 2.45) is 7.05 Å². The van der Waals surface area contributed by atoms with Crippen LogP contribution in [0.5, 0.6) is 0 Å². The molecule has 0 fully saturated rings. The Morgan fingerprint density at radius 1 is 1.30 bits per heavy atom. The molecule has 1 N–H and O–H groups in total. The van der Waals surface area contributed by atoms with Crippen molar-refractivity contribution in [3.8, 4) is 0 Å². The highest BCUT2D eigenvalue weighted by atomic mass is 32.2. The van der Waals surface area contributed by atoms with Crippen LogP contribution in [-0.4, -0.2) is 16.1 Å². The lowest BCUT2D eigenvalue weighted by Gasteiger charge is -2.08. The zero-order chi connectivity index (χ0) is 14.5. The number of benzene rings is 1. The van der Waals surface area contributed by atoms with E-state index in [1.54, 1.807) is 24.0 Å². The van der Waals surface area contributed by atoms with Crippen LogP contribution in [0.15, 0.2) is 34.6 Å². The number of imidazole rings is 1. The zero-order valence-corrected chi connectivity index (χ0v) is 12.3. The van der Waals surface area contributed by atoms with Crippen molar-refractivity contribution in [1.29, 1.82) is 0 Å². The molecule has 0 spiro atoms. The maximum atomic E-state index is 14.0. The largest absolute Gasteiger partial charge is 0.329 e. The van der Waals surface area contributed by atoms with E-state index in [4.69, 9.17) is 0 Å². The van der Waals surface area contributed by atoms with Crippen molar-refractivity contribution >= 4 is 11.8 Å². The fourth-order valence-corrected chi connectivity index (χ4v) is 2.58. The van der Waals surface area contributed by atoms with Crippen LogP contribution in [0.1, 0.15) is 18.9 Å². The normalized spacial score (nSPS) is 11.0. The highest BCUT2D eigenvalue weighted by Crippen LogP contribution is 2.31. The number of rotatable bonds is 6. The number of nitrogens with zero attached hydrogens (tertiary/aromatic N) is 2. The van der Waals surface area contributed by atoms with Crippen LogP contribution in [0.3, 0.4) is 0 Å². The Morgan fingerprint density at radius 2 is 2.00 bits per heavy atom. The van der Waals surface area contributed by atoms with Crippen molar-refractivity contribution < 1.29 is 8.78 Å². The third kappa shape index (κ3) is 3.58. The highest BCUT2D eigenvalue weighted by molar-refractivity contribution is 7.99. The van der Waals surface area contributed by atoms with Crippen LogP contribution in [-0.2, 0) is 13.6 Å². The van der Waals surface area contributed by atoms with Crippen LogP contribution >= 0.6 is 11.8 Å². The Hall–Kier alpha value is -1.40. The molecule has 0 aliphatic carbocycles. The van der Waals surface area contributed by atoms with Gasteiger partial charge in [-0.25, -0.2) is 13.8 Å². The topological polar surface area (TPSA) is 29.9 Å². The zero-order valence-electron chi connectivity index (χ0n) is 11.5. The molecule has 0 saturated carbocycles. The monoisotopic (exact) mass is 297 g/mol. The number of aromatic nitrogens is 2. The molecule has 0 atom stereocenters. The van der Waals surface area contributed by atoms with Crippen LogP contribution in [0.2, 0.25) is 0 Å². The summed E-state index contributed by atoms with van der Waals surface area (Å²) in [5.41, 5.74) is 0.609. The van der Waals surface area contributed by atoms with E-state index in [-0.39, 0.29) is 4.90 Å². The number of aryl methyl sites for hydroxylation is 1. The molecule has 0 bridgehead atoms. The molecule has 20 heavy (non-hydrogen) atoms. The van der Waals surface area contributed by atoms with Gasteiger partial charge in [-0.3, -0.25) is 0 Å². The molecular formula is C14H17F2N3S. The minimum absolute atomic E-state index is 0.0152. The average molecular weight is 297 g/mol. The van der Waals surface area contributed by atoms with Gasteiger partial charge in [-0.05, 0) is 42.4 Å². The molecule has 2 aromatic rings. The maximum absolute atomic E-state index is 14.0. The molecule has 6 heteroatoms. The van der Waals surface area contributed by atoms with Gasteiger partial charge in [0.1, 0.15) is 11.6 Å². The molecule has 1 aromatic heterocycles. The van der Waals surface area contributed by atoms with Gasteiger partial charge in [0.15, 0.2) is 5.16 Å². The molecule has 1 heterocycles. The minimum atomic E-state index is -0.550. The molecule has 0 aliphatic heterocycles. The molecule has 0 unspecified atom stereocenters. The second kappa shape index (κ2) is 6.85. The number of hydrogen-bond acceptors (Lipinski definition) is 3. The molecule has 0 saturated heterocycles. The van der Waals surface area contributed by atoms with E-state index in [1.807, 2.05) is 6.92 Å². The van der Waals surface area contributed by atoms with E-state index < -0.39 is 11.6 Å². The maximum Gasteiger partial charge on any atom is 0.172 e. The third-order valence-electron chi connectivity index (χ3n) is 2.78. The standard InChI is InChI=1S/C14H17F2N3S/c1-3-4-17-9-10-7-11(15)13(12(16)8-10)20-14-18-5-6-19(14)2/h5-8,17H,3-4,9H2,1-2H3. The van der Waals surface area contributed by atoms with E-state index in [0.717, 1.165) is 24.7 Å². The first-order valence-corrected chi connectivity index (χ1v) is 7.27. The van der Waals surface area contributed by atoms with Crippen molar-refractivity contribution in [3.05, 3.63) is 41.7 Å². The van der Waals surface area contributed by atoms with Gasteiger partial charge in [-0.2, -0.15) is 0 Å². The lowest BCUT2D eigenvalue weighted by Crippen LogP contribution is -2.14. The first-order chi connectivity index (χ1) is 9.61. The van der Waals surface area contributed by atoms with Crippen LogP contribution in [0.4, 0.5) is 8.78 Å². The quantitative estimate of drug-likeness (QED) is 0.829. The Labute approximate surface area is 121 Å². The number of halogens is 2. The highest BCUT2D eigenvalue weighted by Gasteiger charge is 2.14. The van der Waals surface area contributed by atoms with Gasteiger partial charge >= 0.3 is 0 Å². The van der Waals surface area contributed by atoms with Gasteiger partial charge in [-0.1, -0.05) is 6.92 Å². The van der Waals surface area contributed by atoms with Gasteiger partial charge < -0.3 is 9.88 Å². The Balaban J connectivity index is 2.16. The first-order valence-electron chi connectivity index (χ1n) is 6.45. The van der Waals surface area contributed by atoms with Crippen molar-refractivity contribution in [2.45, 2.75) is 29.9 Å². The number of nitrogens with one attached hydrogen (secondary N) is 1. The van der Waals surface area contributed by atoms with Crippen molar-refractivity contribution in [1.82, 2.24) is 14.9 Å². The van der Waals surface area contributed by atoms with Gasteiger partial charge in [0.25, 0.3) is 0 Å². The molecule has 2 rings (SSSR count). The molecule has 0 amide bonds. The van der Waals surface area contributed by atoms with Gasteiger partial charge in [0.2, 0.25) is 0 Å². The second-order valence-electron chi connectivity index (χ2n) is 4.49. The lowest BCUT2D eigenvalue weighted by molar-refractivity contribution is 0.533. The molecule has 0 radical (unpaired) electrons. The average Bonchev–Trinajstić information content (AvgIpc) is 2.80. The van der Waals surface area contributed by atoms with Crippen LogP contribution < -0.4 is 5.32 Å². The van der Waals surface area contributed by atoms with Crippen molar-refractivity contribution in [2.75, 3.05) is 6.54 Å². The predicted octanol–water partition coefficient (Wildman–Crippen LogP) is 3.35. The summed E-state index contributed by atoms with van der Waals surface area (Å²) in [7, 11) is 1.79. The van der Waals surface area contributed by atoms with Crippen molar-refractivity contribution in [3.63, 3.8) is 0 Å². The summed E-state index contributed by atoms with van der Waals surface area (Å²) in [6.45, 7) is 3.34. The van der Waals surface area contributed by atoms with E-state index >= 15 is 0 Å². The number of hydrogen-bond donors (Lipinski definition) is 1. The molecular weight excluding hydrogens is 280 g/mol. The van der Waals surface area contributed by atoms with Gasteiger partial charge in [0.05, 0.1) is 4.90 Å². The molecule has 108 valence electrons. The summed E-state index contributed by atoms with van der Waals surface area (Å²) in [4.78, 5) is 4.04. The summed E-state index contributed by atoms with van der Waals surface area (Å²) in [6, 6.07) is 2.74. The summed E-state index contributed by atoms with van der Waals surface area (Å²) < 4.78 is 29.8. The fraction of sp³-hybridized carbons (Fsp3) is 0.357. The Bertz CT molecular complexity index is 561. The predicted molar refractivity (Wildman–Crippen MR) is 75.7 cm³/mol. The summed E-state index contributed by atoms with van der Waals surface area (Å²) in [5.74, 6) is -1.10. The van der Waals surface area contributed by atoms with Gasteiger partial charge in [0, 0.05) is 26.0 Å². The van der Waals surface area contributed by atoms with Crippen LogP contribution in [0.25, 0.3) is 0 Å². The van der Waals surface area contributed by atoms with Gasteiger partial charge in [-0.15, -0.1) is 0 Å². The lowest BCUT2D eigenvalue weighted by atomic mass is 10.2. The smallest absolute Gasteiger partial charge is 0.172 e. The Kier molecular flexibility index (Phi) is 5.14. The fourth-order valence-electron chi connectivity index (χ4n) is 1.76. The van der Waals surface area contributed by atoms with E-state index in [9.17, 15) is 8.78 Å². The molecule has 1 aromatic carbocycles. The molecule has 0 aliphatic rings. The summed E-state index contributed by atoms with van der Waals surface area (Å²) >= 11 is 0.993. The summed E-state index contributed by atoms with van der Waals surface area (Å²) in [6.07, 6.45) is 4.32. The summed E-state index contributed by atoms with van der Waals surface area (Å²) in [5, 5.41) is 3.68. The first kappa shape index (κ1) is 15.0. The Morgan fingerprint density at radius 3 is 2.55 bits per heavy atom. The van der Waals surface area contributed by atoms with E-state index in [0.29, 0.717) is 17.3 Å². The second-order valence-corrected chi connectivity index (χ2v) is 5.47.